The summed E-state index contributed by atoms with van der Waals surface area (Å²) in [6.45, 7) is 4.88. The zero-order valence-electron chi connectivity index (χ0n) is 24.8. The maximum atomic E-state index is 2.56. The Kier molecular flexibility index (Phi) is 9.00. The van der Waals surface area contributed by atoms with Crippen molar-refractivity contribution in [1.29, 1.82) is 0 Å². The molecule has 215 valence electrons. The zero-order valence-corrected chi connectivity index (χ0v) is 30.0. The Labute approximate surface area is 281 Å². The number of halogens is 2. The van der Waals surface area contributed by atoms with E-state index in [1.54, 1.807) is 32.6 Å². The molecule has 0 saturated carbocycles. The fourth-order valence-electron chi connectivity index (χ4n) is 7.82. The number of hydrogen-bond acceptors (Lipinski definition) is 0. The first kappa shape index (κ1) is 31.0. The molecule has 0 fully saturated rings. The molecule has 2 atom stereocenters. The van der Waals surface area contributed by atoms with Crippen LogP contribution in [0.15, 0.2) is 145 Å². The van der Waals surface area contributed by atoms with Gasteiger partial charge in [0, 0.05) is 0 Å². The fourth-order valence-corrected chi connectivity index (χ4v) is 36.3. The van der Waals surface area contributed by atoms with Crippen LogP contribution in [0.4, 0.5) is 0 Å². The van der Waals surface area contributed by atoms with Gasteiger partial charge in [-0.15, -0.1) is 0 Å². The minimum absolute atomic E-state index is 0. The summed E-state index contributed by atoms with van der Waals surface area (Å²) in [5.74, 6) is -1.58. The molecule has 0 bridgehead atoms. The molecule has 0 radical (unpaired) electrons. The largest absolute Gasteiger partial charge is 1.00 e. The SMILES string of the molecule is CC1=Cc2c(ccc3ccccc23)[CH]1[Zr+2]([CH]1C(C)=Cc2c1ccc1ccccc21)[SiH](c1ccccc1)c1ccccc1.[Cl-].[Cl-]. The summed E-state index contributed by atoms with van der Waals surface area (Å²) in [7, 11) is 0. The van der Waals surface area contributed by atoms with Gasteiger partial charge in [0.15, 0.2) is 0 Å². The van der Waals surface area contributed by atoms with Gasteiger partial charge in [-0.3, -0.25) is 0 Å². The molecule has 0 spiro atoms. The third kappa shape index (κ3) is 5.11. The van der Waals surface area contributed by atoms with E-state index in [2.05, 4.69) is 159 Å². The molecule has 6 aromatic rings. The van der Waals surface area contributed by atoms with E-state index < -0.39 is 26.8 Å². The number of rotatable bonds is 5. The maximum absolute atomic E-state index is 2.56. The van der Waals surface area contributed by atoms with E-state index in [0.717, 1.165) is 0 Å². The molecule has 0 aromatic heterocycles. The topological polar surface area (TPSA) is 0 Å². The third-order valence-corrected chi connectivity index (χ3v) is 33.1. The van der Waals surface area contributed by atoms with E-state index in [1.165, 1.54) is 32.7 Å². The molecular weight excluding hydrogens is 671 g/mol. The predicted molar refractivity (Wildman–Crippen MR) is 180 cm³/mol. The van der Waals surface area contributed by atoms with Crippen LogP contribution >= 0.6 is 0 Å². The van der Waals surface area contributed by atoms with Crippen molar-refractivity contribution >= 4 is 50.0 Å². The Hall–Kier alpha value is -3.00. The third-order valence-electron chi connectivity index (χ3n) is 9.55. The first-order valence-corrected chi connectivity index (χ1v) is 23.9. The second-order valence-electron chi connectivity index (χ2n) is 12.0. The number of allylic oxidation sites excluding steroid dienone is 2. The van der Waals surface area contributed by atoms with Crippen molar-refractivity contribution in [2.75, 3.05) is 0 Å². The second kappa shape index (κ2) is 12.8. The van der Waals surface area contributed by atoms with E-state index in [4.69, 9.17) is 0 Å². The van der Waals surface area contributed by atoms with Crippen molar-refractivity contribution in [2.45, 2.75) is 21.1 Å². The van der Waals surface area contributed by atoms with Crippen LogP contribution in [-0.4, -0.2) is 5.92 Å². The smallest absolute Gasteiger partial charge is 1.00 e. The first-order valence-electron chi connectivity index (χ1n) is 15.1. The maximum Gasteiger partial charge on any atom is -1.00 e. The van der Waals surface area contributed by atoms with E-state index in [1.807, 2.05) is 0 Å². The van der Waals surface area contributed by atoms with Gasteiger partial charge in [-0.25, -0.2) is 0 Å². The molecule has 0 aliphatic heterocycles. The molecular formula is C40H33Cl2SiZr. The molecule has 4 heteroatoms. The molecule has 2 unspecified atom stereocenters. The molecule has 0 saturated heterocycles. The van der Waals surface area contributed by atoms with Crippen molar-refractivity contribution in [3.05, 3.63) is 167 Å². The molecule has 2 aliphatic rings. The Bertz CT molecular complexity index is 1890. The summed E-state index contributed by atoms with van der Waals surface area (Å²) < 4.78 is 1.10. The van der Waals surface area contributed by atoms with Gasteiger partial charge in [-0.2, -0.15) is 0 Å². The Balaban J connectivity index is 0.00000171. The molecule has 0 N–H and O–H groups in total. The van der Waals surface area contributed by atoms with Crippen LogP contribution in [0.25, 0.3) is 33.7 Å². The van der Waals surface area contributed by atoms with Crippen molar-refractivity contribution in [3.63, 3.8) is 0 Å². The van der Waals surface area contributed by atoms with Gasteiger partial charge in [-0.1, -0.05) is 0 Å². The minimum Gasteiger partial charge on any atom is -1.00 e. The summed E-state index contributed by atoms with van der Waals surface area (Å²) in [6.07, 6.45) is 5.11. The monoisotopic (exact) mass is 701 g/mol. The van der Waals surface area contributed by atoms with Crippen LogP contribution in [0, 0.1) is 0 Å². The minimum atomic E-state index is -2.53. The van der Waals surface area contributed by atoms with E-state index in [-0.39, 0.29) is 24.8 Å². The summed E-state index contributed by atoms with van der Waals surface area (Å²) in [5.41, 5.74) is 9.30. The van der Waals surface area contributed by atoms with Gasteiger partial charge in [0.25, 0.3) is 0 Å². The Morgan fingerprint density at radius 3 is 1.27 bits per heavy atom. The normalized spacial score (nSPS) is 16.5. The van der Waals surface area contributed by atoms with E-state index >= 15 is 0 Å². The van der Waals surface area contributed by atoms with Gasteiger partial charge in [-0.05, 0) is 0 Å². The Morgan fingerprint density at radius 1 is 0.455 bits per heavy atom. The Morgan fingerprint density at radius 2 is 0.841 bits per heavy atom. The summed E-state index contributed by atoms with van der Waals surface area (Å²) in [5, 5.41) is 8.73. The summed E-state index contributed by atoms with van der Waals surface area (Å²) >= 11 is -2.53. The van der Waals surface area contributed by atoms with Crippen LogP contribution in [0.5, 0.6) is 0 Å². The average molecular weight is 704 g/mol. The molecule has 0 nitrogen and oxygen atoms in total. The van der Waals surface area contributed by atoms with Crippen molar-refractivity contribution < 1.29 is 45.7 Å². The van der Waals surface area contributed by atoms with Crippen LogP contribution < -0.4 is 35.2 Å². The van der Waals surface area contributed by atoms with Crippen LogP contribution in [0.3, 0.4) is 0 Å². The summed E-state index contributed by atoms with van der Waals surface area (Å²) in [6, 6.07) is 51.0. The van der Waals surface area contributed by atoms with E-state index in [9.17, 15) is 0 Å². The van der Waals surface area contributed by atoms with Crippen molar-refractivity contribution in [1.82, 2.24) is 0 Å². The van der Waals surface area contributed by atoms with Crippen molar-refractivity contribution in [3.8, 4) is 0 Å². The molecule has 0 amide bonds. The van der Waals surface area contributed by atoms with Crippen LogP contribution in [0.1, 0.15) is 43.4 Å². The zero-order chi connectivity index (χ0) is 28.2. The standard InChI is InChI=1S/2C14H11.C12H11Si.2ClH.Zr/c2*1-10-8-12-7-6-11-4-2-3-5-13(11)14(12)9-10;1-3-7-11(8-4-1)13-12-9-5-2-6-10-12;;;/h2*2-9H,1H3;1-10,13H;2*1H;/q;;;;;+2/p-2. The quantitative estimate of drug-likeness (QED) is 0.243. The number of benzene rings is 6. The number of fused-ring (bicyclic) bond motifs is 6. The van der Waals surface area contributed by atoms with Crippen molar-refractivity contribution in [2.24, 2.45) is 0 Å². The number of hydrogen-bond donors (Lipinski definition) is 0. The average Bonchev–Trinajstić information content (AvgIpc) is 3.56. The predicted octanol–water partition coefficient (Wildman–Crippen LogP) is 2.77. The van der Waals surface area contributed by atoms with Gasteiger partial charge in [0.2, 0.25) is 0 Å². The summed E-state index contributed by atoms with van der Waals surface area (Å²) in [4.78, 5) is 0. The van der Waals surface area contributed by atoms with E-state index in [0.29, 0.717) is 7.25 Å². The molecule has 6 aromatic carbocycles. The van der Waals surface area contributed by atoms with Gasteiger partial charge in [0.05, 0.1) is 0 Å². The van der Waals surface area contributed by atoms with Gasteiger partial charge < -0.3 is 24.8 Å². The van der Waals surface area contributed by atoms with Crippen LogP contribution in [-0.2, 0) is 20.9 Å². The van der Waals surface area contributed by atoms with Gasteiger partial charge in [0.1, 0.15) is 0 Å². The second-order valence-corrected chi connectivity index (χ2v) is 27.7. The molecule has 44 heavy (non-hydrogen) atoms. The molecule has 8 rings (SSSR count). The van der Waals surface area contributed by atoms with Crippen LogP contribution in [0.2, 0.25) is 0 Å². The first-order chi connectivity index (χ1) is 20.7. The molecule has 2 aliphatic carbocycles. The molecule has 0 heterocycles. The van der Waals surface area contributed by atoms with Gasteiger partial charge >= 0.3 is 259 Å². The fraction of sp³-hybridized carbons (Fsp3) is 0.100.